The monoisotopic (exact) mass is 252 g/mol. The third-order valence-corrected chi connectivity index (χ3v) is 4.20. The summed E-state index contributed by atoms with van der Waals surface area (Å²) in [5.74, 6) is 0. The Morgan fingerprint density at radius 3 is 2.81 bits per heavy atom. The van der Waals surface area contributed by atoms with Crippen molar-refractivity contribution in [3.63, 3.8) is 0 Å². The highest BCUT2D eigenvalue weighted by Crippen LogP contribution is 2.33. The van der Waals surface area contributed by atoms with E-state index < -0.39 is 0 Å². The number of rotatable bonds is 4. The Morgan fingerprint density at radius 1 is 1.38 bits per heavy atom. The van der Waals surface area contributed by atoms with E-state index in [1.165, 1.54) is 22.5 Å². The first-order chi connectivity index (χ1) is 7.80. The van der Waals surface area contributed by atoms with Crippen LogP contribution in [0.1, 0.15) is 25.0 Å². The fourth-order valence-corrected chi connectivity index (χ4v) is 3.30. The minimum Gasteiger partial charge on any atom is -0.227 e. The molecule has 1 aromatic heterocycles. The van der Waals surface area contributed by atoms with Gasteiger partial charge in [0.05, 0.1) is 22.2 Å². The van der Waals surface area contributed by atoms with Crippen molar-refractivity contribution in [3.8, 4) is 0 Å². The van der Waals surface area contributed by atoms with Crippen LogP contribution >= 0.6 is 23.3 Å². The average Bonchev–Trinajstić information content (AvgIpc) is 2.70. The average molecular weight is 252 g/mol. The molecule has 0 bridgehead atoms. The number of thiazole rings is 1. The number of fused-ring (bicyclic) bond motifs is 1. The molecule has 0 fully saturated rings. The van der Waals surface area contributed by atoms with E-state index in [-0.39, 0.29) is 0 Å². The van der Waals surface area contributed by atoms with E-state index in [0.717, 1.165) is 39.3 Å². The Hall–Kier alpha value is -0.940. The van der Waals surface area contributed by atoms with Crippen LogP contribution in [0.3, 0.4) is 0 Å². The molecule has 5 heteroatoms. The zero-order chi connectivity index (χ0) is 11.5. The summed E-state index contributed by atoms with van der Waals surface area (Å²) < 4.78 is 4.68. The Balaban J connectivity index is 2.62. The lowest BCUT2D eigenvalue weighted by Crippen LogP contribution is -1.91. The van der Waals surface area contributed by atoms with Crippen LogP contribution < -0.4 is 0 Å². The van der Waals surface area contributed by atoms with Crippen LogP contribution in [-0.4, -0.2) is 4.98 Å². The molecule has 84 valence electrons. The Labute approximate surface area is 102 Å². The fraction of sp³-hybridized carbons (Fsp3) is 0.364. The third-order valence-electron chi connectivity index (χ3n) is 2.59. The second-order valence-corrected chi connectivity index (χ2v) is 5.41. The van der Waals surface area contributed by atoms with Gasteiger partial charge in [0.1, 0.15) is 0 Å². The molecular weight excluding hydrogens is 240 g/mol. The minimum absolute atomic E-state index is 0.730. The molecule has 0 aliphatic rings. The highest BCUT2D eigenvalue weighted by Gasteiger charge is 2.11. The molecule has 0 spiro atoms. The molecule has 1 aromatic carbocycles. The molecule has 16 heavy (non-hydrogen) atoms. The predicted molar refractivity (Wildman–Crippen MR) is 70.0 cm³/mol. The highest BCUT2D eigenvalue weighted by atomic mass is 32.2. The van der Waals surface area contributed by atoms with E-state index in [4.69, 9.17) is 0 Å². The van der Waals surface area contributed by atoms with Gasteiger partial charge in [-0.15, -0.1) is 16.2 Å². The van der Waals surface area contributed by atoms with Crippen molar-refractivity contribution < 1.29 is 0 Å². The third kappa shape index (κ3) is 1.97. The number of nitroso groups, excluding NO2 is 1. The molecule has 0 saturated carbocycles. The van der Waals surface area contributed by atoms with E-state index in [9.17, 15) is 4.91 Å². The van der Waals surface area contributed by atoms with Gasteiger partial charge in [0, 0.05) is 4.58 Å². The molecular formula is C11H12N2OS2. The second kappa shape index (κ2) is 4.93. The summed E-state index contributed by atoms with van der Waals surface area (Å²) in [7, 11) is 0. The lowest BCUT2D eigenvalue weighted by atomic mass is 10.0. The van der Waals surface area contributed by atoms with Crippen molar-refractivity contribution in [1.82, 2.24) is 4.98 Å². The first kappa shape index (κ1) is 11.5. The largest absolute Gasteiger partial charge is 0.227 e. The van der Waals surface area contributed by atoms with Gasteiger partial charge >= 0.3 is 0 Å². The standard InChI is InChI=1S/C11H12N2OS2/c1-3-7-5-6-9-10(8(7)4-2)12-11(15-9)16-13-14/h5-6H,3-4H2,1-2H3. The summed E-state index contributed by atoms with van der Waals surface area (Å²) in [5.41, 5.74) is 3.68. The van der Waals surface area contributed by atoms with E-state index in [1.54, 1.807) is 0 Å². The molecule has 2 aromatic rings. The van der Waals surface area contributed by atoms with Gasteiger partial charge in [-0.1, -0.05) is 19.9 Å². The van der Waals surface area contributed by atoms with Gasteiger partial charge in [0.25, 0.3) is 0 Å². The molecule has 0 aliphatic heterocycles. The smallest absolute Gasteiger partial charge is 0.177 e. The lowest BCUT2D eigenvalue weighted by Gasteiger charge is -2.05. The zero-order valence-electron chi connectivity index (χ0n) is 9.19. The maximum Gasteiger partial charge on any atom is 0.177 e. The summed E-state index contributed by atoms with van der Waals surface area (Å²) in [6.45, 7) is 4.29. The number of aryl methyl sites for hydroxylation is 2. The van der Waals surface area contributed by atoms with Crippen LogP contribution in [0.25, 0.3) is 10.2 Å². The van der Waals surface area contributed by atoms with E-state index in [0.29, 0.717) is 0 Å². The Morgan fingerprint density at radius 2 is 2.19 bits per heavy atom. The Bertz CT molecular complexity index is 522. The molecule has 0 atom stereocenters. The predicted octanol–water partition coefficient (Wildman–Crippen LogP) is 4.19. The van der Waals surface area contributed by atoms with Crippen LogP contribution in [-0.2, 0) is 12.8 Å². The number of aromatic nitrogens is 1. The van der Waals surface area contributed by atoms with Crippen molar-refractivity contribution in [2.45, 2.75) is 31.0 Å². The first-order valence-corrected chi connectivity index (χ1v) is 6.80. The van der Waals surface area contributed by atoms with Crippen molar-refractivity contribution in [3.05, 3.63) is 28.2 Å². The number of hydrogen-bond acceptors (Lipinski definition) is 5. The van der Waals surface area contributed by atoms with Crippen LogP contribution in [0.5, 0.6) is 0 Å². The van der Waals surface area contributed by atoms with Gasteiger partial charge in [-0.3, -0.25) is 0 Å². The van der Waals surface area contributed by atoms with E-state index >= 15 is 0 Å². The molecule has 0 saturated heterocycles. The van der Waals surface area contributed by atoms with Crippen molar-refractivity contribution in [2.75, 3.05) is 0 Å². The lowest BCUT2D eigenvalue weighted by molar-refractivity contribution is 1.04. The summed E-state index contributed by atoms with van der Waals surface area (Å²) in [5, 5.41) is 0. The number of nitrogens with zero attached hydrogens (tertiary/aromatic N) is 2. The topological polar surface area (TPSA) is 42.3 Å². The summed E-state index contributed by atoms with van der Waals surface area (Å²) in [4.78, 5) is 14.7. The molecule has 0 unspecified atom stereocenters. The highest BCUT2D eigenvalue weighted by molar-refractivity contribution is 7.99. The zero-order valence-corrected chi connectivity index (χ0v) is 10.8. The van der Waals surface area contributed by atoms with E-state index in [1.807, 2.05) is 0 Å². The SMILES string of the molecule is CCc1ccc2sc(SN=O)nc2c1CC. The Kier molecular flexibility index (Phi) is 3.56. The van der Waals surface area contributed by atoms with Gasteiger partial charge in [-0.25, -0.2) is 4.98 Å². The number of benzene rings is 1. The van der Waals surface area contributed by atoms with Gasteiger partial charge in [-0.05, 0) is 30.0 Å². The minimum atomic E-state index is 0.730. The van der Waals surface area contributed by atoms with E-state index in [2.05, 4.69) is 35.5 Å². The van der Waals surface area contributed by atoms with Gasteiger partial charge in [0.2, 0.25) is 0 Å². The fourth-order valence-electron chi connectivity index (χ4n) is 1.87. The second-order valence-electron chi connectivity index (χ2n) is 3.40. The van der Waals surface area contributed by atoms with Crippen LogP contribution in [0.2, 0.25) is 0 Å². The van der Waals surface area contributed by atoms with Crippen LogP contribution in [0.15, 0.2) is 21.1 Å². The van der Waals surface area contributed by atoms with Gasteiger partial charge in [0.15, 0.2) is 4.34 Å². The van der Waals surface area contributed by atoms with Gasteiger partial charge in [-0.2, -0.15) is 0 Å². The molecule has 3 nitrogen and oxygen atoms in total. The molecule has 0 aliphatic carbocycles. The normalized spacial score (nSPS) is 10.9. The van der Waals surface area contributed by atoms with Crippen molar-refractivity contribution in [1.29, 1.82) is 0 Å². The molecule has 1 heterocycles. The van der Waals surface area contributed by atoms with Crippen LogP contribution in [0, 0.1) is 4.91 Å². The van der Waals surface area contributed by atoms with Crippen LogP contribution in [0.4, 0.5) is 0 Å². The maximum absolute atomic E-state index is 10.2. The van der Waals surface area contributed by atoms with Crippen molar-refractivity contribution >= 4 is 33.5 Å². The summed E-state index contributed by atoms with van der Waals surface area (Å²) >= 11 is 2.44. The summed E-state index contributed by atoms with van der Waals surface area (Å²) in [6.07, 6.45) is 1.99. The van der Waals surface area contributed by atoms with Gasteiger partial charge < -0.3 is 0 Å². The molecule has 0 amide bonds. The number of hydrogen-bond donors (Lipinski definition) is 0. The molecule has 0 radical (unpaired) electrons. The quantitative estimate of drug-likeness (QED) is 0.605. The molecule has 2 rings (SSSR count). The summed E-state index contributed by atoms with van der Waals surface area (Å²) in [6, 6.07) is 4.24. The molecule has 0 N–H and O–H groups in total. The maximum atomic E-state index is 10.2. The first-order valence-electron chi connectivity index (χ1n) is 5.21. The van der Waals surface area contributed by atoms with Crippen molar-refractivity contribution in [2.24, 2.45) is 4.58 Å².